The van der Waals surface area contributed by atoms with Gasteiger partial charge in [0.2, 0.25) is 5.91 Å². The van der Waals surface area contributed by atoms with Crippen LogP contribution in [0.3, 0.4) is 0 Å². The first-order valence-electron chi connectivity index (χ1n) is 6.90. The average Bonchev–Trinajstić information content (AvgIpc) is 2.53. The van der Waals surface area contributed by atoms with Crippen LogP contribution in [0.15, 0.2) is 35.3 Å². The molecule has 0 aliphatic heterocycles. The Labute approximate surface area is 142 Å². The quantitative estimate of drug-likeness (QED) is 0.861. The lowest BCUT2D eigenvalue weighted by atomic mass is 10.1. The number of halogens is 1. The zero-order valence-corrected chi connectivity index (χ0v) is 13.8. The van der Waals surface area contributed by atoms with Crippen molar-refractivity contribution in [2.75, 3.05) is 12.4 Å². The molecule has 1 aromatic heterocycles. The van der Waals surface area contributed by atoms with Crippen molar-refractivity contribution in [1.29, 1.82) is 0 Å². The first kappa shape index (κ1) is 17.6. The SMILES string of the molecule is COc1cc(NC(=O)Cn2cccc(C)c2=O)c(Cl)cc1C(=O)O. The maximum Gasteiger partial charge on any atom is 0.339 e. The third kappa shape index (κ3) is 3.75. The minimum Gasteiger partial charge on any atom is -0.496 e. The summed E-state index contributed by atoms with van der Waals surface area (Å²) in [7, 11) is 1.31. The van der Waals surface area contributed by atoms with Gasteiger partial charge in [-0.2, -0.15) is 0 Å². The number of carboxylic acid groups (broad SMARTS) is 1. The number of nitrogens with one attached hydrogen (secondary N) is 1. The summed E-state index contributed by atoms with van der Waals surface area (Å²) in [4.78, 5) is 35.2. The summed E-state index contributed by atoms with van der Waals surface area (Å²) in [6.45, 7) is 1.46. The Hall–Kier alpha value is -2.80. The maximum absolute atomic E-state index is 12.1. The van der Waals surface area contributed by atoms with Crippen LogP contribution in [-0.2, 0) is 11.3 Å². The van der Waals surface area contributed by atoms with Gasteiger partial charge in [-0.1, -0.05) is 17.7 Å². The van der Waals surface area contributed by atoms with Crippen LogP contribution in [0.2, 0.25) is 5.02 Å². The van der Waals surface area contributed by atoms with Gasteiger partial charge in [-0.25, -0.2) is 4.79 Å². The molecule has 1 amide bonds. The predicted octanol–water partition coefficient (Wildman–Crippen LogP) is 2.16. The highest BCUT2D eigenvalue weighted by Gasteiger charge is 2.16. The fourth-order valence-corrected chi connectivity index (χ4v) is 2.32. The van der Waals surface area contributed by atoms with Gasteiger partial charge in [0.05, 0.1) is 17.8 Å². The number of anilines is 1. The van der Waals surface area contributed by atoms with Gasteiger partial charge < -0.3 is 19.7 Å². The van der Waals surface area contributed by atoms with Crippen molar-refractivity contribution in [1.82, 2.24) is 4.57 Å². The van der Waals surface area contributed by atoms with Crippen LogP contribution in [0, 0.1) is 6.92 Å². The molecule has 0 saturated carbocycles. The molecule has 24 heavy (non-hydrogen) atoms. The molecule has 0 unspecified atom stereocenters. The molecular formula is C16H15ClN2O5. The molecule has 1 aromatic carbocycles. The van der Waals surface area contributed by atoms with Crippen LogP contribution in [0.1, 0.15) is 15.9 Å². The van der Waals surface area contributed by atoms with Gasteiger partial charge in [-0.05, 0) is 19.1 Å². The van der Waals surface area contributed by atoms with Crippen molar-refractivity contribution < 1.29 is 19.4 Å². The molecule has 0 bridgehead atoms. The maximum atomic E-state index is 12.1. The molecule has 126 valence electrons. The lowest BCUT2D eigenvalue weighted by Gasteiger charge is -2.12. The van der Waals surface area contributed by atoms with Gasteiger partial charge in [0.15, 0.2) is 0 Å². The van der Waals surface area contributed by atoms with E-state index in [0.717, 1.165) is 0 Å². The number of aromatic nitrogens is 1. The van der Waals surface area contributed by atoms with Crippen LogP contribution in [0.5, 0.6) is 5.75 Å². The van der Waals surface area contributed by atoms with E-state index in [4.69, 9.17) is 21.4 Å². The van der Waals surface area contributed by atoms with E-state index in [9.17, 15) is 14.4 Å². The number of ether oxygens (including phenoxy) is 1. The van der Waals surface area contributed by atoms with Gasteiger partial charge in [0.1, 0.15) is 17.9 Å². The van der Waals surface area contributed by atoms with Crippen molar-refractivity contribution in [3.8, 4) is 5.75 Å². The molecule has 8 heteroatoms. The van der Waals surface area contributed by atoms with Gasteiger partial charge in [0.25, 0.3) is 5.56 Å². The van der Waals surface area contributed by atoms with Crippen LogP contribution in [0.4, 0.5) is 5.69 Å². The number of hydrogen-bond acceptors (Lipinski definition) is 4. The molecule has 0 saturated heterocycles. The average molecular weight is 351 g/mol. The van der Waals surface area contributed by atoms with Crippen molar-refractivity contribution >= 4 is 29.2 Å². The number of aromatic carboxylic acids is 1. The number of nitrogens with zero attached hydrogens (tertiary/aromatic N) is 1. The summed E-state index contributed by atoms with van der Waals surface area (Å²) in [5.41, 5.74) is 0.341. The lowest BCUT2D eigenvalue weighted by molar-refractivity contribution is -0.116. The molecule has 7 nitrogen and oxygen atoms in total. The Morgan fingerprint density at radius 3 is 2.71 bits per heavy atom. The topological polar surface area (TPSA) is 97.6 Å². The Kier molecular flexibility index (Phi) is 5.25. The number of pyridine rings is 1. The van der Waals surface area contributed by atoms with E-state index in [1.807, 2.05) is 0 Å². The molecule has 0 spiro atoms. The van der Waals surface area contributed by atoms with E-state index in [1.54, 1.807) is 19.1 Å². The van der Waals surface area contributed by atoms with Crippen molar-refractivity contribution in [2.45, 2.75) is 13.5 Å². The summed E-state index contributed by atoms with van der Waals surface area (Å²) in [5.74, 6) is -1.61. The molecule has 0 atom stereocenters. The largest absolute Gasteiger partial charge is 0.496 e. The Bertz CT molecular complexity index is 860. The smallest absolute Gasteiger partial charge is 0.339 e. The molecule has 1 heterocycles. The summed E-state index contributed by atoms with van der Waals surface area (Å²) >= 11 is 6.00. The zero-order chi connectivity index (χ0) is 17.9. The highest BCUT2D eigenvalue weighted by molar-refractivity contribution is 6.34. The third-order valence-electron chi connectivity index (χ3n) is 3.32. The van der Waals surface area contributed by atoms with E-state index < -0.39 is 11.9 Å². The first-order valence-corrected chi connectivity index (χ1v) is 7.28. The lowest BCUT2D eigenvalue weighted by Crippen LogP contribution is -2.28. The van der Waals surface area contributed by atoms with Crippen LogP contribution < -0.4 is 15.6 Å². The third-order valence-corrected chi connectivity index (χ3v) is 3.63. The Morgan fingerprint density at radius 2 is 2.08 bits per heavy atom. The predicted molar refractivity (Wildman–Crippen MR) is 89.0 cm³/mol. The fraction of sp³-hybridized carbons (Fsp3) is 0.188. The summed E-state index contributed by atoms with van der Waals surface area (Å²) in [6, 6.07) is 5.84. The van der Waals surface area contributed by atoms with Gasteiger partial charge in [-0.3, -0.25) is 9.59 Å². The zero-order valence-electron chi connectivity index (χ0n) is 13.0. The fourth-order valence-electron chi connectivity index (χ4n) is 2.11. The molecule has 2 rings (SSSR count). The van der Waals surface area contributed by atoms with E-state index >= 15 is 0 Å². The van der Waals surface area contributed by atoms with Gasteiger partial charge in [-0.15, -0.1) is 0 Å². The monoisotopic (exact) mass is 350 g/mol. The standard InChI is InChI=1S/C16H15ClN2O5/c1-9-4-3-5-19(15(9)21)8-14(20)18-12-7-13(24-2)10(16(22)23)6-11(12)17/h3-7H,8H2,1-2H3,(H,18,20)(H,22,23). The van der Waals surface area contributed by atoms with Crippen LogP contribution >= 0.6 is 11.6 Å². The number of carbonyl (C=O) groups is 2. The molecule has 0 aliphatic carbocycles. The summed E-state index contributed by atoms with van der Waals surface area (Å²) in [6.07, 6.45) is 1.50. The minimum absolute atomic E-state index is 0.0538. The minimum atomic E-state index is -1.20. The van der Waals surface area contributed by atoms with E-state index in [-0.39, 0.29) is 34.1 Å². The second-order valence-electron chi connectivity index (χ2n) is 5.01. The van der Waals surface area contributed by atoms with Gasteiger partial charge >= 0.3 is 5.97 Å². The number of hydrogen-bond donors (Lipinski definition) is 2. The molecular weight excluding hydrogens is 336 g/mol. The molecule has 2 N–H and O–H groups in total. The molecule has 0 radical (unpaired) electrons. The highest BCUT2D eigenvalue weighted by Crippen LogP contribution is 2.31. The normalized spacial score (nSPS) is 10.3. The van der Waals surface area contributed by atoms with Crippen LogP contribution in [0.25, 0.3) is 0 Å². The van der Waals surface area contributed by atoms with Crippen LogP contribution in [-0.4, -0.2) is 28.7 Å². The number of aryl methyl sites for hydroxylation is 1. The molecule has 0 aliphatic rings. The number of benzene rings is 1. The number of rotatable bonds is 5. The summed E-state index contributed by atoms with van der Waals surface area (Å²) in [5, 5.41) is 11.7. The van der Waals surface area contributed by atoms with Crippen molar-refractivity contribution in [3.05, 3.63) is 57.0 Å². The second kappa shape index (κ2) is 7.18. The number of amides is 1. The van der Waals surface area contributed by atoms with Crippen molar-refractivity contribution in [2.24, 2.45) is 0 Å². The van der Waals surface area contributed by atoms with Crippen molar-refractivity contribution in [3.63, 3.8) is 0 Å². The van der Waals surface area contributed by atoms with E-state index in [1.165, 1.54) is 30.0 Å². The highest BCUT2D eigenvalue weighted by atomic mass is 35.5. The van der Waals surface area contributed by atoms with Gasteiger partial charge in [0, 0.05) is 17.8 Å². The first-order chi connectivity index (χ1) is 11.3. The summed E-state index contributed by atoms with van der Waals surface area (Å²) < 4.78 is 6.26. The Morgan fingerprint density at radius 1 is 1.38 bits per heavy atom. The number of carbonyl (C=O) groups excluding carboxylic acids is 1. The van der Waals surface area contributed by atoms with E-state index in [2.05, 4.69) is 5.32 Å². The molecule has 0 fully saturated rings. The second-order valence-corrected chi connectivity index (χ2v) is 5.42. The molecule has 2 aromatic rings. The number of carboxylic acids is 1. The van der Waals surface area contributed by atoms with E-state index in [0.29, 0.717) is 5.56 Å². The number of methoxy groups -OCH3 is 1. The Balaban J connectivity index is 2.24.